The molecule has 3 atom stereocenters. The summed E-state index contributed by atoms with van der Waals surface area (Å²) in [4.78, 5) is 10.9. The predicted molar refractivity (Wildman–Crippen MR) is 48.3 cm³/mol. The minimum Gasteiger partial charge on any atom is -0.375 e. The molecule has 0 aromatic heterocycles. The molecule has 0 radical (unpaired) electrons. The summed E-state index contributed by atoms with van der Waals surface area (Å²) in [5, 5.41) is 2.79. The van der Waals surface area contributed by atoms with Gasteiger partial charge >= 0.3 is 0 Å². The second-order valence-corrected chi connectivity index (χ2v) is 3.01. The van der Waals surface area contributed by atoms with Crippen molar-refractivity contribution in [2.75, 3.05) is 14.2 Å². The van der Waals surface area contributed by atoms with Crippen molar-refractivity contribution < 1.29 is 14.3 Å². The molecule has 0 fully saturated rings. The van der Waals surface area contributed by atoms with Crippen molar-refractivity contribution in [3.05, 3.63) is 12.2 Å². The molecule has 1 N–H and O–H groups in total. The van der Waals surface area contributed by atoms with Gasteiger partial charge in [-0.25, -0.2) is 0 Å². The summed E-state index contributed by atoms with van der Waals surface area (Å²) in [6, 6.07) is -0.104. The van der Waals surface area contributed by atoms with Gasteiger partial charge in [0.15, 0.2) is 0 Å². The third-order valence-corrected chi connectivity index (χ3v) is 2.11. The maximum absolute atomic E-state index is 10.9. The minimum atomic E-state index is -0.104. The van der Waals surface area contributed by atoms with Crippen LogP contribution in [0.2, 0.25) is 0 Å². The third kappa shape index (κ3) is 2.29. The molecule has 1 aliphatic carbocycles. The summed E-state index contributed by atoms with van der Waals surface area (Å²) in [5.41, 5.74) is 0. The molecule has 13 heavy (non-hydrogen) atoms. The first-order valence-electron chi connectivity index (χ1n) is 4.20. The molecular weight excluding hydrogens is 170 g/mol. The van der Waals surface area contributed by atoms with Crippen LogP contribution in [-0.4, -0.2) is 38.4 Å². The van der Waals surface area contributed by atoms with Crippen LogP contribution in [0.1, 0.15) is 6.92 Å². The van der Waals surface area contributed by atoms with Gasteiger partial charge in [0.1, 0.15) is 0 Å². The number of carbonyl (C=O) groups is 1. The number of carbonyl (C=O) groups excluding carboxylic acids is 1. The topological polar surface area (TPSA) is 47.6 Å². The van der Waals surface area contributed by atoms with Gasteiger partial charge in [0, 0.05) is 21.1 Å². The Bertz CT molecular complexity index is 201. The summed E-state index contributed by atoms with van der Waals surface area (Å²) in [5.74, 6) is -0.0715. The third-order valence-electron chi connectivity index (χ3n) is 2.11. The molecule has 4 nitrogen and oxygen atoms in total. The number of hydrogen-bond donors (Lipinski definition) is 1. The highest BCUT2D eigenvalue weighted by molar-refractivity contribution is 5.73. The van der Waals surface area contributed by atoms with Crippen LogP contribution in [0.3, 0.4) is 0 Å². The zero-order chi connectivity index (χ0) is 9.84. The molecule has 0 spiro atoms. The fraction of sp³-hybridized carbons (Fsp3) is 0.667. The molecule has 0 aliphatic heterocycles. The summed E-state index contributed by atoms with van der Waals surface area (Å²) in [7, 11) is 3.23. The molecule has 4 heteroatoms. The van der Waals surface area contributed by atoms with Crippen LogP contribution in [0, 0.1) is 0 Å². The molecule has 1 aliphatic rings. The second-order valence-electron chi connectivity index (χ2n) is 3.01. The van der Waals surface area contributed by atoms with E-state index in [9.17, 15) is 4.79 Å². The Morgan fingerprint density at radius 2 is 1.69 bits per heavy atom. The molecule has 0 saturated heterocycles. The molecule has 0 heterocycles. The Balaban J connectivity index is 2.60. The summed E-state index contributed by atoms with van der Waals surface area (Å²) < 4.78 is 10.4. The SMILES string of the molecule is CO[C@H]1C=C[C@@H](OC)C1NC(C)=O. The molecule has 0 aromatic carbocycles. The Morgan fingerprint density at radius 1 is 1.23 bits per heavy atom. The van der Waals surface area contributed by atoms with Crippen LogP contribution in [-0.2, 0) is 14.3 Å². The smallest absolute Gasteiger partial charge is 0.217 e. The number of hydrogen-bond acceptors (Lipinski definition) is 3. The summed E-state index contributed by atoms with van der Waals surface area (Å²) in [6.07, 6.45) is 3.62. The zero-order valence-corrected chi connectivity index (χ0v) is 8.11. The van der Waals surface area contributed by atoms with E-state index in [1.165, 1.54) is 6.92 Å². The standard InChI is InChI=1S/C9H15NO3/c1-6(11)10-9-7(12-2)4-5-8(9)13-3/h4-5,7-9H,1-3H3,(H,10,11)/t7-,8+,9?. The summed E-state index contributed by atoms with van der Waals surface area (Å²) >= 11 is 0. The largest absolute Gasteiger partial charge is 0.375 e. The van der Waals surface area contributed by atoms with E-state index >= 15 is 0 Å². The van der Waals surface area contributed by atoms with E-state index in [4.69, 9.17) is 9.47 Å². The summed E-state index contributed by atoms with van der Waals surface area (Å²) in [6.45, 7) is 1.48. The van der Waals surface area contributed by atoms with E-state index < -0.39 is 0 Å². The van der Waals surface area contributed by atoms with E-state index in [1.54, 1.807) is 14.2 Å². The molecule has 0 saturated carbocycles. The molecule has 1 unspecified atom stereocenters. The lowest BCUT2D eigenvalue weighted by Gasteiger charge is -2.23. The average Bonchev–Trinajstić information content (AvgIpc) is 2.46. The van der Waals surface area contributed by atoms with Gasteiger partial charge in [-0.05, 0) is 0 Å². The monoisotopic (exact) mass is 185 g/mol. The van der Waals surface area contributed by atoms with Gasteiger partial charge in [-0.2, -0.15) is 0 Å². The van der Waals surface area contributed by atoms with Crippen molar-refractivity contribution in [1.82, 2.24) is 5.32 Å². The highest BCUT2D eigenvalue weighted by atomic mass is 16.5. The lowest BCUT2D eigenvalue weighted by atomic mass is 10.1. The Labute approximate surface area is 77.9 Å². The zero-order valence-electron chi connectivity index (χ0n) is 8.11. The molecule has 1 amide bonds. The van der Waals surface area contributed by atoms with E-state index in [0.717, 1.165) is 0 Å². The van der Waals surface area contributed by atoms with Gasteiger partial charge in [-0.15, -0.1) is 0 Å². The van der Waals surface area contributed by atoms with Gasteiger partial charge < -0.3 is 14.8 Å². The van der Waals surface area contributed by atoms with Crippen molar-refractivity contribution in [3.8, 4) is 0 Å². The van der Waals surface area contributed by atoms with Gasteiger partial charge in [0.05, 0.1) is 18.2 Å². The average molecular weight is 185 g/mol. The minimum absolute atomic E-state index is 0.0715. The number of rotatable bonds is 3. The van der Waals surface area contributed by atoms with Crippen molar-refractivity contribution >= 4 is 5.91 Å². The fourth-order valence-electron chi connectivity index (χ4n) is 1.49. The highest BCUT2D eigenvalue weighted by Gasteiger charge is 2.32. The van der Waals surface area contributed by atoms with Gasteiger partial charge in [-0.3, -0.25) is 4.79 Å². The second kappa shape index (κ2) is 4.39. The molecule has 0 bridgehead atoms. The first kappa shape index (κ1) is 10.2. The quantitative estimate of drug-likeness (QED) is 0.634. The normalized spacial score (nSPS) is 32.1. The number of nitrogens with one attached hydrogen (secondary N) is 1. The Hall–Kier alpha value is -0.870. The lowest BCUT2D eigenvalue weighted by Crippen LogP contribution is -2.47. The Morgan fingerprint density at radius 3 is 2.00 bits per heavy atom. The molecule has 74 valence electrons. The van der Waals surface area contributed by atoms with Crippen LogP contribution in [0.4, 0.5) is 0 Å². The maximum atomic E-state index is 10.9. The number of methoxy groups -OCH3 is 2. The first-order valence-corrected chi connectivity index (χ1v) is 4.20. The number of ether oxygens (including phenoxy) is 2. The van der Waals surface area contributed by atoms with Crippen LogP contribution >= 0.6 is 0 Å². The van der Waals surface area contributed by atoms with Crippen LogP contribution < -0.4 is 5.32 Å². The van der Waals surface area contributed by atoms with Crippen LogP contribution in [0.5, 0.6) is 0 Å². The van der Waals surface area contributed by atoms with Crippen molar-refractivity contribution in [2.24, 2.45) is 0 Å². The maximum Gasteiger partial charge on any atom is 0.217 e. The van der Waals surface area contributed by atoms with E-state index in [2.05, 4.69) is 5.32 Å². The lowest BCUT2D eigenvalue weighted by molar-refractivity contribution is -0.121. The van der Waals surface area contributed by atoms with Crippen molar-refractivity contribution in [2.45, 2.75) is 25.2 Å². The predicted octanol–water partition coefficient (Wildman–Crippen LogP) is 0.0909. The molecule has 1 rings (SSSR count). The van der Waals surface area contributed by atoms with Gasteiger partial charge in [0.25, 0.3) is 0 Å². The van der Waals surface area contributed by atoms with E-state index in [1.807, 2.05) is 12.2 Å². The van der Waals surface area contributed by atoms with Gasteiger partial charge in [-0.1, -0.05) is 12.2 Å². The van der Waals surface area contributed by atoms with Crippen molar-refractivity contribution in [1.29, 1.82) is 0 Å². The first-order chi connectivity index (χ1) is 6.19. The fourth-order valence-corrected chi connectivity index (χ4v) is 1.49. The van der Waals surface area contributed by atoms with Crippen molar-refractivity contribution in [3.63, 3.8) is 0 Å². The van der Waals surface area contributed by atoms with Gasteiger partial charge in [0.2, 0.25) is 5.91 Å². The van der Waals surface area contributed by atoms with E-state index in [0.29, 0.717) is 0 Å². The van der Waals surface area contributed by atoms with Crippen LogP contribution in [0.15, 0.2) is 12.2 Å². The molecule has 0 aromatic rings. The number of amides is 1. The van der Waals surface area contributed by atoms with Crippen LogP contribution in [0.25, 0.3) is 0 Å². The molecular formula is C9H15NO3. The highest BCUT2D eigenvalue weighted by Crippen LogP contribution is 2.16. The van der Waals surface area contributed by atoms with E-state index in [-0.39, 0.29) is 24.2 Å². The Kier molecular flexibility index (Phi) is 3.45.